The van der Waals surface area contributed by atoms with Crippen LogP contribution in [-0.2, 0) is 9.53 Å². The lowest BCUT2D eigenvalue weighted by molar-refractivity contribution is -0.152. The first kappa shape index (κ1) is 21.9. The average molecular weight is 436 g/mol. The van der Waals surface area contributed by atoms with Crippen LogP contribution >= 0.6 is 11.6 Å². The Balaban J connectivity index is 1.53. The fourth-order valence-electron chi connectivity index (χ4n) is 3.30. The summed E-state index contributed by atoms with van der Waals surface area (Å²) in [6.07, 6.45) is -0.315. The molecule has 1 aliphatic heterocycles. The maximum absolute atomic E-state index is 13.3. The molecule has 158 valence electrons. The summed E-state index contributed by atoms with van der Waals surface area (Å²) in [7, 11) is 0. The van der Waals surface area contributed by atoms with Crippen LogP contribution in [0.25, 0.3) is 0 Å². The zero-order valence-electron chi connectivity index (χ0n) is 16.2. The molecule has 5 nitrogen and oxygen atoms in total. The normalized spacial score (nSPS) is 15.5. The maximum Gasteiger partial charge on any atom is 0.309 e. The molecule has 1 fully saturated rings. The van der Waals surface area contributed by atoms with Gasteiger partial charge in [-0.1, -0.05) is 11.6 Å². The van der Waals surface area contributed by atoms with Crippen molar-refractivity contribution in [1.29, 1.82) is 0 Å². The van der Waals surface area contributed by atoms with E-state index < -0.39 is 35.4 Å². The molecule has 1 amide bonds. The van der Waals surface area contributed by atoms with Gasteiger partial charge in [-0.2, -0.15) is 0 Å². The monoisotopic (exact) mass is 435 g/mol. The smallest absolute Gasteiger partial charge is 0.309 e. The average Bonchev–Trinajstić information content (AvgIpc) is 2.75. The van der Waals surface area contributed by atoms with Crippen molar-refractivity contribution in [3.8, 4) is 0 Å². The van der Waals surface area contributed by atoms with E-state index in [1.165, 1.54) is 6.92 Å². The second-order valence-corrected chi connectivity index (χ2v) is 7.58. The number of carbonyl (C=O) groups is 3. The van der Waals surface area contributed by atoms with Crippen molar-refractivity contribution in [2.24, 2.45) is 5.92 Å². The van der Waals surface area contributed by atoms with Crippen molar-refractivity contribution in [2.45, 2.75) is 25.9 Å². The van der Waals surface area contributed by atoms with Crippen molar-refractivity contribution in [1.82, 2.24) is 4.90 Å². The molecule has 1 unspecified atom stereocenters. The Morgan fingerprint density at radius 1 is 1.00 bits per heavy atom. The van der Waals surface area contributed by atoms with Crippen molar-refractivity contribution < 1.29 is 27.9 Å². The lowest BCUT2D eigenvalue weighted by atomic mass is 9.96. The highest BCUT2D eigenvalue weighted by Crippen LogP contribution is 2.22. The molecule has 1 heterocycles. The second kappa shape index (κ2) is 9.34. The summed E-state index contributed by atoms with van der Waals surface area (Å²) >= 11 is 5.84. The number of Topliss-reactive ketones (excluding diaryl/α,β-unsaturated/α-hetero) is 1. The van der Waals surface area contributed by atoms with Crippen molar-refractivity contribution in [3.05, 3.63) is 70.2 Å². The number of benzene rings is 2. The number of hydrogen-bond donors (Lipinski definition) is 0. The van der Waals surface area contributed by atoms with E-state index in [1.807, 2.05) is 0 Å². The predicted molar refractivity (Wildman–Crippen MR) is 106 cm³/mol. The molecule has 1 atom stereocenters. The van der Waals surface area contributed by atoms with Gasteiger partial charge in [0.15, 0.2) is 17.7 Å². The van der Waals surface area contributed by atoms with E-state index in [0.29, 0.717) is 36.5 Å². The summed E-state index contributed by atoms with van der Waals surface area (Å²) in [5.41, 5.74) is 0.448. The first-order valence-corrected chi connectivity index (χ1v) is 9.88. The van der Waals surface area contributed by atoms with Crippen molar-refractivity contribution in [3.63, 3.8) is 0 Å². The number of nitrogens with zero attached hydrogens (tertiary/aromatic N) is 1. The van der Waals surface area contributed by atoms with Gasteiger partial charge < -0.3 is 9.64 Å². The standard InChI is InChI=1S/C22H20ClF2NO4/c1-13(20(27)16-4-7-18(24)19(25)12-16)30-22(29)15-8-10-26(11-9-15)21(28)14-2-5-17(23)6-3-14/h2-7,12-13,15H,8-11H2,1H3. The van der Waals surface area contributed by atoms with Gasteiger partial charge in [-0.15, -0.1) is 0 Å². The number of esters is 1. The highest BCUT2D eigenvalue weighted by molar-refractivity contribution is 6.30. The minimum Gasteiger partial charge on any atom is -0.454 e. The maximum atomic E-state index is 13.3. The molecule has 1 saturated heterocycles. The summed E-state index contributed by atoms with van der Waals surface area (Å²) in [5, 5.41) is 0.542. The summed E-state index contributed by atoms with van der Waals surface area (Å²) in [6.45, 7) is 2.15. The third-order valence-electron chi connectivity index (χ3n) is 5.07. The minimum absolute atomic E-state index is 0.0717. The zero-order chi connectivity index (χ0) is 21.8. The Hall–Kier alpha value is -2.80. The Morgan fingerprint density at radius 2 is 1.60 bits per heavy atom. The molecular weight excluding hydrogens is 416 g/mol. The molecule has 0 aliphatic carbocycles. The number of hydrogen-bond acceptors (Lipinski definition) is 4. The number of carbonyl (C=O) groups excluding carboxylic acids is 3. The number of halogens is 3. The molecule has 0 bridgehead atoms. The van der Waals surface area contributed by atoms with E-state index in [1.54, 1.807) is 29.2 Å². The molecular formula is C22H20ClF2NO4. The van der Waals surface area contributed by atoms with Crippen LogP contribution in [0.4, 0.5) is 8.78 Å². The molecule has 1 aliphatic rings. The van der Waals surface area contributed by atoms with Crippen molar-refractivity contribution in [2.75, 3.05) is 13.1 Å². The van der Waals surface area contributed by atoms with E-state index >= 15 is 0 Å². The number of likely N-dealkylation sites (tertiary alicyclic amines) is 1. The van der Waals surface area contributed by atoms with Gasteiger partial charge in [0.1, 0.15) is 0 Å². The molecule has 0 saturated carbocycles. The summed E-state index contributed by atoms with van der Waals surface area (Å²) < 4.78 is 31.6. The highest BCUT2D eigenvalue weighted by atomic mass is 35.5. The van der Waals surface area contributed by atoms with E-state index in [0.717, 1.165) is 18.2 Å². The van der Waals surface area contributed by atoms with Crippen LogP contribution in [0, 0.1) is 17.6 Å². The zero-order valence-corrected chi connectivity index (χ0v) is 17.0. The number of piperidine rings is 1. The topological polar surface area (TPSA) is 63.7 Å². The Bertz CT molecular complexity index is 956. The molecule has 0 aromatic heterocycles. The van der Waals surface area contributed by atoms with Crippen LogP contribution in [0.2, 0.25) is 5.02 Å². The van der Waals surface area contributed by atoms with Crippen molar-refractivity contribution >= 4 is 29.3 Å². The second-order valence-electron chi connectivity index (χ2n) is 7.15. The summed E-state index contributed by atoms with van der Waals surface area (Å²) in [6, 6.07) is 9.36. The molecule has 8 heteroatoms. The molecule has 0 N–H and O–H groups in total. The van der Waals surface area contributed by atoms with Crippen LogP contribution in [0.3, 0.4) is 0 Å². The van der Waals surface area contributed by atoms with Gasteiger partial charge in [0, 0.05) is 29.2 Å². The number of ketones is 1. The fraction of sp³-hybridized carbons (Fsp3) is 0.318. The quantitative estimate of drug-likeness (QED) is 0.519. The molecule has 2 aromatic carbocycles. The van der Waals surface area contributed by atoms with E-state index in [4.69, 9.17) is 16.3 Å². The van der Waals surface area contributed by atoms with Crippen LogP contribution in [0.15, 0.2) is 42.5 Å². The van der Waals surface area contributed by atoms with Gasteiger partial charge in [0.2, 0.25) is 5.78 Å². The summed E-state index contributed by atoms with van der Waals surface area (Å²) in [4.78, 5) is 38.9. The largest absolute Gasteiger partial charge is 0.454 e. The van der Waals surface area contributed by atoms with Gasteiger partial charge in [-0.25, -0.2) is 8.78 Å². The Kier molecular flexibility index (Phi) is 6.82. The molecule has 30 heavy (non-hydrogen) atoms. The number of ether oxygens (including phenoxy) is 1. The molecule has 0 radical (unpaired) electrons. The van der Waals surface area contributed by atoms with Crippen LogP contribution in [-0.4, -0.2) is 41.8 Å². The molecule has 0 spiro atoms. The van der Waals surface area contributed by atoms with E-state index in [2.05, 4.69) is 0 Å². The van der Waals surface area contributed by atoms with Gasteiger partial charge in [-0.3, -0.25) is 14.4 Å². The first-order valence-electron chi connectivity index (χ1n) is 9.51. The lowest BCUT2D eigenvalue weighted by Gasteiger charge is -2.31. The number of rotatable bonds is 5. The summed E-state index contributed by atoms with van der Waals surface area (Å²) in [5.74, 6) is -3.94. The van der Waals surface area contributed by atoms with Gasteiger partial charge in [0.05, 0.1) is 5.92 Å². The minimum atomic E-state index is -1.14. The lowest BCUT2D eigenvalue weighted by Crippen LogP contribution is -2.41. The molecule has 3 rings (SSSR count). The van der Waals surface area contributed by atoms with Crippen LogP contribution in [0.5, 0.6) is 0 Å². The van der Waals surface area contributed by atoms with Crippen LogP contribution in [0.1, 0.15) is 40.5 Å². The van der Waals surface area contributed by atoms with E-state index in [9.17, 15) is 23.2 Å². The van der Waals surface area contributed by atoms with Gasteiger partial charge in [0.25, 0.3) is 5.91 Å². The fourth-order valence-corrected chi connectivity index (χ4v) is 3.43. The predicted octanol–water partition coefficient (Wildman–Crippen LogP) is 4.29. The van der Waals surface area contributed by atoms with Gasteiger partial charge in [-0.05, 0) is 62.2 Å². The Morgan fingerprint density at radius 3 is 2.20 bits per heavy atom. The third-order valence-corrected chi connectivity index (χ3v) is 5.32. The third kappa shape index (κ3) is 5.02. The SMILES string of the molecule is CC(OC(=O)C1CCN(C(=O)c2ccc(Cl)cc2)CC1)C(=O)c1ccc(F)c(F)c1. The van der Waals surface area contributed by atoms with Gasteiger partial charge >= 0.3 is 5.97 Å². The Labute approximate surface area is 177 Å². The first-order chi connectivity index (χ1) is 14.3. The highest BCUT2D eigenvalue weighted by Gasteiger charge is 2.31. The van der Waals surface area contributed by atoms with Crippen LogP contribution < -0.4 is 0 Å². The van der Waals surface area contributed by atoms with E-state index in [-0.39, 0.29) is 11.5 Å². The molecule has 2 aromatic rings. The number of amides is 1.